The Morgan fingerprint density at radius 3 is 2.60 bits per heavy atom. The molecule has 8 heteroatoms. The topological polar surface area (TPSA) is 103 Å². The SMILES string of the molecule is N#CCCOCC(O)COCC(COCC1CO1)OC1CCCCO1. The van der Waals surface area contributed by atoms with E-state index in [1.165, 1.54) is 0 Å². The van der Waals surface area contributed by atoms with Gasteiger partial charge in [-0.2, -0.15) is 5.26 Å². The Hall–Kier alpha value is -0.790. The first-order valence-corrected chi connectivity index (χ1v) is 8.95. The van der Waals surface area contributed by atoms with E-state index in [-0.39, 0.29) is 31.7 Å². The summed E-state index contributed by atoms with van der Waals surface area (Å²) in [6.45, 7) is 3.34. The van der Waals surface area contributed by atoms with Gasteiger partial charge in [-0.15, -0.1) is 0 Å². The summed E-state index contributed by atoms with van der Waals surface area (Å²) in [6, 6.07) is 1.98. The van der Waals surface area contributed by atoms with Gasteiger partial charge in [0.2, 0.25) is 0 Å². The fraction of sp³-hybridized carbons (Fsp3) is 0.941. The van der Waals surface area contributed by atoms with Crippen LogP contribution in [0.3, 0.4) is 0 Å². The fourth-order valence-electron chi connectivity index (χ4n) is 2.38. The zero-order chi connectivity index (χ0) is 17.7. The monoisotopic (exact) mass is 359 g/mol. The first kappa shape index (κ1) is 20.5. The minimum Gasteiger partial charge on any atom is -0.388 e. The summed E-state index contributed by atoms with van der Waals surface area (Å²) >= 11 is 0. The molecule has 144 valence electrons. The lowest BCUT2D eigenvalue weighted by molar-refractivity contribution is -0.209. The minimum atomic E-state index is -0.731. The van der Waals surface area contributed by atoms with Gasteiger partial charge in [-0.05, 0) is 19.3 Å². The quantitative estimate of drug-likeness (QED) is 0.356. The maximum absolute atomic E-state index is 9.79. The van der Waals surface area contributed by atoms with Crippen LogP contribution >= 0.6 is 0 Å². The van der Waals surface area contributed by atoms with Gasteiger partial charge >= 0.3 is 0 Å². The summed E-state index contributed by atoms with van der Waals surface area (Å²) in [7, 11) is 0. The number of rotatable bonds is 14. The smallest absolute Gasteiger partial charge is 0.158 e. The van der Waals surface area contributed by atoms with E-state index in [1.54, 1.807) is 0 Å². The zero-order valence-corrected chi connectivity index (χ0v) is 14.6. The maximum atomic E-state index is 9.79. The van der Waals surface area contributed by atoms with E-state index in [4.69, 9.17) is 33.7 Å². The van der Waals surface area contributed by atoms with Crippen LogP contribution in [0.2, 0.25) is 0 Å². The molecule has 0 radical (unpaired) electrons. The van der Waals surface area contributed by atoms with E-state index in [2.05, 4.69) is 0 Å². The second-order valence-electron chi connectivity index (χ2n) is 6.22. The number of epoxide rings is 1. The molecule has 0 bridgehead atoms. The van der Waals surface area contributed by atoms with Crippen LogP contribution in [0.4, 0.5) is 0 Å². The average molecular weight is 359 g/mol. The van der Waals surface area contributed by atoms with Crippen molar-refractivity contribution in [2.75, 3.05) is 52.9 Å². The number of nitrogens with zero attached hydrogens (tertiary/aromatic N) is 1. The molecule has 1 N–H and O–H groups in total. The third kappa shape index (κ3) is 10.1. The van der Waals surface area contributed by atoms with Gasteiger partial charge in [-0.25, -0.2) is 0 Å². The second-order valence-corrected chi connectivity index (χ2v) is 6.22. The van der Waals surface area contributed by atoms with Gasteiger partial charge in [0.1, 0.15) is 18.3 Å². The molecule has 25 heavy (non-hydrogen) atoms. The molecule has 0 aliphatic carbocycles. The van der Waals surface area contributed by atoms with Crippen LogP contribution in [0.5, 0.6) is 0 Å². The Morgan fingerprint density at radius 1 is 1.08 bits per heavy atom. The Morgan fingerprint density at radius 2 is 1.88 bits per heavy atom. The highest BCUT2D eigenvalue weighted by Crippen LogP contribution is 2.16. The van der Waals surface area contributed by atoms with E-state index in [0.29, 0.717) is 39.5 Å². The third-order valence-electron chi connectivity index (χ3n) is 3.77. The first-order valence-electron chi connectivity index (χ1n) is 8.95. The first-order chi connectivity index (χ1) is 12.3. The number of hydrogen-bond acceptors (Lipinski definition) is 8. The van der Waals surface area contributed by atoms with E-state index < -0.39 is 6.10 Å². The summed E-state index contributed by atoms with van der Waals surface area (Å²) in [5.41, 5.74) is 0. The largest absolute Gasteiger partial charge is 0.388 e. The predicted octanol–water partition coefficient (Wildman–Crippen LogP) is 0.621. The molecule has 2 heterocycles. The van der Waals surface area contributed by atoms with Gasteiger partial charge in [0.15, 0.2) is 6.29 Å². The van der Waals surface area contributed by atoms with E-state index in [0.717, 1.165) is 25.9 Å². The van der Waals surface area contributed by atoms with Gasteiger partial charge in [0.25, 0.3) is 0 Å². The van der Waals surface area contributed by atoms with Crippen LogP contribution in [0.1, 0.15) is 25.7 Å². The maximum Gasteiger partial charge on any atom is 0.158 e. The van der Waals surface area contributed by atoms with Crippen LogP contribution < -0.4 is 0 Å². The van der Waals surface area contributed by atoms with Crippen molar-refractivity contribution in [3.63, 3.8) is 0 Å². The van der Waals surface area contributed by atoms with Crippen molar-refractivity contribution in [1.29, 1.82) is 5.26 Å². The molecule has 0 aromatic rings. The number of nitriles is 1. The molecule has 2 aliphatic rings. The summed E-state index contributed by atoms with van der Waals surface area (Å²) in [6.07, 6.45) is 2.34. The Bertz CT molecular complexity index is 380. The Kier molecular flexibility index (Phi) is 10.3. The summed E-state index contributed by atoms with van der Waals surface area (Å²) in [5, 5.41) is 18.2. The van der Waals surface area contributed by atoms with Crippen molar-refractivity contribution in [2.24, 2.45) is 0 Å². The predicted molar refractivity (Wildman–Crippen MR) is 86.9 cm³/mol. The van der Waals surface area contributed by atoms with E-state index in [1.807, 2.05) is 6.07 Å². The van der Waals surface area contributed by atoms with Crippen molar-refractivity contribution < 1.29 is 33.5 Å². The lowest BCUT2D eigenvalue weighted by Crippen LogP contribution is -2.35. The number of aliphatic hydroxyl groups is 1. The fourth-order valence-corrected chi connectivity index (χ4v) is 2.38. The lowest BCUT2D eigenvalue weighted by atomic mass is 10.2. The second kappa shape index (κ2) is 12.5. The lowest BCUT2D eigenvalue weighted by Gasteiger charge is -2.28. The minimum absolute atomic E-state index is 0.143. The van der Waals surface area contributed by atoms with E-state index >= 15 is 0 Å². The van der Waals surface area contributed by atoms with Crippen LogP contribution in [0, 0.1) is 11.3 Å². The molecule has 0 aromatic carbocycles. The van der Waals surface area contributed by atoms with Gasteiger partial charge < -0.3 is 33.5 Å². The summed E-state index contributed by atoms with van der Waals surface area (Å²) in [5.74, 6) is 0. The van der Waals surface area contributed by atoms with Crippen molar-refractivity contribution in [3.05, 3.63) is 0 Å². The van der Waals surface area contributed by atoms with Crippen molar-refractivity contribution in [3.8, 4) is 6.07 Å². The molecule has 0 spiro atoms. The molecule has 2 aliphatic heterocycles. The molecule has 8 nitrogen and oxygen atoms in total. The zero-order valence-electron chi connectivity index (χ0n) is 14.6. The summed E-state index contributed by atoms with van der Waals surface area (Å²) in [4.78, 5) is 0. The average Bonchev–Trinajstić information content (AvgIpc) is 3.44. The van der Waals surface area contributed by atoms with Gasteiger partial charge in [-0.1, -0.05) is 0 Å². The van der Waals surface area contributed by atoms with Gasteiger partial charge in [-0.3, -0.25) is 0 Å². The molecular weight excluding hydrogens is 330 g/mol. The molecule has 0 amide bonds. The molecule has 2 fully saturated rings. The van der Waals surface area contributed by atoms with Crippen LogP contribution in [0.25, 0.3) is 0 Å². The molecule has 0 aromatic heterocycles. The highest BCUT2D eigenvalue weighted by molar-refractivity contribution is 4.69. The molecule has 2 rings (SSSR count). The van der Waals surface area contributed by atoms with Gasteiger partial charge in [0.05, 0.1) is 58.7 Å². The van der Waals surface area contributed by atoms with Crippen LogP contribution in [-0.4, -0.2) is 82.6 Å². The number of aliphatic hydroxyl groups excluding tert-OH is 1. The summed E-state index contributed by atoms with van der Waals surface area (Å²) < 4.78 is 33.0. The molecule has 2 saturated heterocycles. The van der Waals surface area contributed by atoms with Crippen molar-refractivity contribution >= 4 is 0 Å². The highest BCUT2D eigenvalue weighted by atomic mass is 16.7. The van der Waals surface area contributed by atoms with Crippen molar-refractivity contribution in [2.45, 2.75) is 50.3 Å². The molecule has 0 saturated carbocycles. The van der Waals surface area contributed by atoms with Crippen LogP contribution in [-0.2, 0) is 28.4 Å². The molecular formula is C17H29NO7. The highest BCUT2D eigenvalue weighted by Gasteiger charge is 2.25. The Balaban J connectivity index is 1.60. The molecule has 4 atom stereocenters. The molecule has 4 unspecified atom stereocenters. The van der Waals surface area contributed by atoms with Crippen molar-refractivity contribution in [1.82, 2.24) is 0 Å². The van der Waals surface area contributed by atoms with Crippen LogP contribution in [0.15, 0.2) is 0 Å². The third-order valence-corrected chi connectivity index (χ3v) is 3.77. The Labute approximate surface area is 148 Å². The standard InChI is InChI=1S/C17H29NO7/c18-5-3-6-20-8-14(19)9-21-11-16(12-22-10-15-13-24-15)25-17-4-1-2-7-23-17/h14-17,19H,1-4,6-13H2. The van der Waals surface area contributed by atoms with Gasteiger partial charge in [0, 0.05) is 6.61 Å². The normalized spacial score (nSPS) is 25.3. The number of hydrogen-bond donors (Lipinski definition) is 1. The van der Waals surface area contributed by atoms with E-state index in [9.17, 15) is 5.11 Å². The number of ether oxygens (including phenoxy) is 6.